The molecule has 1 atom stereocenters. The highest BCUT2D eigenvalue weighted by Crippen LogP contribution is 2.23. The Morgan fingerprint density at radius 1 is 1.16 bits per heavy atom. The summed E-state index contributed by atoms with van der Waals surface area (Å²) in [5.74, 6) is 0.266. The van der Waals surface area contributed by atoms with Gasteiger partial charge in [-0.05, 0) is 43.0 Å². The maximum absolute atomic E-state index is 12.9. The minimum atomic E-state index is -0.436. The fourth-order valence-electron chi connectivity index (χ4n) is 4.05. The summed E-state index contributed by atoms with van der Waals surface area (Å²) in [5, 5.41) is 18.3. The number of rotatable bonds is 7. The van der Waals surface area contributed by atoms with Crippen LogP contribution in [0.4, 0.5) is 11.4 Å². The molecule has 0 radical (unpaired) electrons. The fourth-order valence-corrected chi connectivity index (χ4v) is 4.05. The predicted molar refractivity (Wildman–Crippen MR) is 119 cm³/mol. The number of non-ortho nitro benzene ring substituents is 1. The van der Waals surface area contributed by atoms with Crippen molar-refractivity contribution in [2.45, 2.75) is 19.8 Å². The van der Waals surface area contributed by atoms with Crippen LogP contribution < -0.4 is 10.2 Å². The van der Waals surface area contributed by atoms with Crippen molar-refractivity contribution in [3.63, 3.8) is 0 Å². The van der Waals surface area contributed by atoms with Gasteiger partial charge in [0.2, 0.25) is 0 Å². The first kappa shape index (κ1) is 20.6. The van der Waals surface area contributed by atoms with Gasteiger partial charge in [-0.1, -0.05) is 25.1 Å². The zero-order chi connectivity index (χ0) is 21.8. The second kappa shape index (κ2) is 8.99. The van der Waals surface area contributed by atoms with Crippen molar-refractivity contribution < 1.29 is 9.72 Å². The summed E-state index contributed by atoms with van der Waals surface area (Å²) < 4.78 is 1.67. The molecule has 0 aliphatic carbocycles. The van der Waals surface area contributed by atoms with E-state index in [1.54, 1.807) is 23.0 Å². The van der Waals surface area contributed by atoms with E-state index in [4.69, 9.17) is 0 Å². The summed E-state index contributed by atoms with van der Waals surface area (Å²) in [6.45, 7) is 4.49. The minimum Gasteiger partial charge on any atom is -0.371 e. The quantitative estimate of drug-likeness (QED) is 0.467. The van der Waals surface area contributed by atoms with Crippen molar-refractivity contribution in [1.29, 1.82) is 0 Å². The van der Waals surface area contributed by atoms with Crippen LogP contribution in [0.15, 0.2) is 60.8 Å². The molecule has 0 saturated carbocycles. The van der Waals surface area contributed by atoms with Crippen molar-refractivity contribution in [2.75, 3.05) is 24.5 Å². The van der Waals surface area contributed by atoms with Gasteiger partial charge in [-0.2, -0.15) is 5.10 Å². The Kier molecular flexibility index (Phi) is 5.97. The van der Waals surface area contributed by atoms with Crippen LogP contribution in [-0.4, -0.2) is 40.2 Å². The van der Waals surface area contributed by atoms with Gasteiger partial charge in [0.1, 0.15) is 0 Å². The molecule has 8 nitrogen and oxygen atoms in total. The normalized spacial score (nSPS) is 15.8. The van der Waals surface area contributed by atoms with Crippen LogP contribution in [0.25, 0.3) is 5.69 Å². The van der Waals surface area contributed by atoms with E-state index >= 15 is 0 Å². The molecular formula is C23H25N5O3. The Labute approximate surface area is 180 Å². The van der Waals surface area contributed by atoms with E-state index in [2.05, 4.69) is 27.4 Å². The van der Waals surface area contributed by atoms with Gasteiger partial charge >= 0.3 is 0 Å². The average Bonchev–Trinajstić information content (AvgIpc) is 3.45. The molecule has 2 heterocycles. The van der Waals surface area contributed by atoms with Crippen molar-refractivity contribution in [1.82, 2.24) is 15.1 Å². The molecule has 2 aromatic carbocycles. The number of benzene rings is 2. The maximum atomic E-state index is 12.9. The second-order valence-electron chi connectivity index (χ2n) is 7.69. The van der Waals surface area contributed by atoms with Crippen LogP contribution in [0.1, 0.15) is 29.4 Å². The standard InChI is InChI=1S/C23H25N5O3/c1-2-22-21(15-25-27(22)19-8-10-20(11-9-19)28(30)31)23(29)24-14-17-12-13-26(16-17)18-6-4-3-5-7-18/h3-11,15,17H,2,12-14,16H2,1H3,(H,24,29). The van der Waals surface area contributed by atoms with E-state index in [1.807, 2.05) is 25.1 Å². The summed E-state index contributed by atoms with van der Waals surface area (Å²) in [7, 11) is 0. The number of para-hydroxylation sites is 1. The first-order chi connectivity index (χ1) is 15.1. The molecule has 31 heavy (non-hydrogen) atoms. The highest BCUT2D eigenvalue weighted by atomic mass is 16.6. The van der Waals surface area contributed by atoms with Gasteiger partial charge in [0, 0.05) is 37.5 Å². The van der Waals surface area contributed by atoms with Gasteiger partial charge in [0.05, 0.1) is 28.1 Å². The smallest absolute Gasteiger partial charge is 0.269 e. The van der Waals surface area contributed by atoms with Crippen LogP contribution in [0.2, 0.25) is 0 Å². The SMILES string of the molecule is CCc1c(C(=O)NCC2CCN(c3ccccc3)C2)cnn1-c1ccc([N+](=O)[O-])cc1. The zero-order valence-corrected chi connectivity index (χ0v) is 17.4. The molecule has 3 aromatic rings. The second-order valence-corrected chi connectivity index (χ2v) is 7.69. The van der Waals surface area contributed by atoms with Gasteiger partial charge in [0.25, 0.3) is 11.6 Å². The van der Waals surface area contributed by atoms with Crippen molar-refractivity contribution >= 4 is 17.3 Å². The molecule has 1 aliphatic rings. The highest BCUT2D eigenvalue weighted by molar-refractivity contribution is 5.95. The Hall–Kier alpha value is -3.68. The van der Waals surface area contributed by atoms with Crippen LogP contribution >= 0.6 is 0 Å². The number of hydrogen-bond donors (Lipinski definition) is 1. The molecule has 1 unspecified atom stereocenters. The largest absolute Gasteiger partial charge is 0.371 e. The average molecular weight is 419 g/mol. The lowest BCUT2D eigenvalue weighted by molar-refractivity contribution is -0.384. The van der Waals surface area contributed by atoms with E-state index in [-0.39, 0.29) is 11.6 Å². The monoisotopic (exact) mass is 419 g/mol. The number of aromatic nitrogens is 2. The summed E-state index contributed by atoms with van der Waals surface area (Å²) in [6.07, 6.45) is 3.23. The van der Waals surface area contributed by atoms with Crippen LogP contribution in [0.5, 0.6) is 0 Å². The summed E-state index contributed by atoms with van der Waals surface area (Å²) in [5.41, 5.74) is 3.25. The van der Waals surface area contributed by atoms with E-state index < -0.39 is 4.92 Å². The number of hydrogen-bond acceptors (Lipinski definition) is 5. The molecule has 1 N–H and O–H groups in total. The first-order valence-corrected chi connectivity index (χ1v) is 10.5. The van der Waals surface area contributed by atoms with E-state index in [9.17, 15) is 14.9 Å². The van der Waals surface area contributed by atoms with Crippen molar-refractivity contribution in [2.24, 2.45) is 5.92 Å². The molecule has 1 saturated heterocycles. The Bertz CT molecular complexity index is 1060. The zero-order valence-electron chi connectivity index (χ0n) is 17.4. The molecule has 1 amide bonds. The molecular weight excluding hydrogens is 394 g/mol. The molecule has 1 aromatic heterocycles. The van der Waals surface area contributed by atoms with Gasteiger partial charge < -0.3 is 10.2 Å². The molecule has 4 rings (SSSR count). The summed E-state index contributed by atoms with van der Waals surface area (Å²) in [6, 6.07) is 16.5. The van der Waals surface area contributed by atoms with Gasteiger partial charge in [-0.3, -0.25) is 14.9 Å². The Morgan fingerprint density at radius 2 is 1.90 bits per heavy atom. The third-order valence-electron chi connectivity index (χ3n) is 5.71. The highest BCUT2D eigenvalue weighted by Gasteiger charge is 2.24. The minimum absolute atomic E-state index is 0.0213. The first-order valence-electron chi connectivity index (χ1n) is 10.5. The topological polar surface area (TPSA) is 93.3 Å². The molecule has 160 valence electrons. The summed E-state index contributed by atoms with van der Waals surface area (Å²) in [4.78, 5) is 25.6. The van der Waals surface area contributed by atoms with Crippen LogP contribution in [-0.2, 0) is 6.42 Å². The third kappa shape index (κ3) is 4.42. The predicted octanol–water partition coefficient (Wildman–Crippen LogP) is 3.60. The Balaban J connectivity index is 1.40. The van der Waals surface area contributed by atoms with Crippen molar-refractivity contribution in [3.8, 4) is 5.69 Å². The van der Waals surface area contributed by atoms with E-state index in [0.29, 0.717) is 30.1 Å². The van der Waals surface area contributed by atoms with E-state index in [1.165, 1.54) is 17.8 Å². The lowest BCUT2D eigenvalue weighted by Gasteiger charge is -2.18. The molecule has 8 heteroatoms. The number of carbonyl (C=O) groups excluding carboxylic acids is 1. The number of nitrogens with zero attached hydrogens (tertiary/aromatic N) is 4. The lowest BCUT2D eigenvalue weighted by atomic mass is 10.1. The Morgan fingerprint density at radius 3 is 2.58 bits per heavy atom. The number of nitro groups is 1. The summed E-state index contributed by atoms with van der Waals surface area (Å²) >= 11 is 0. The fraction of sp³-hybridized carbons (Fsp3) is 0.304. The van der Waals surface area contributed by atoms with Crippen molar-refractivity contribution in [3.05, 3.63) is 82.2 Å². The third-order valence-corrected chi connectivity index (χ3v) is 5.71. The molecule has 1 fully saturated rings. The number of anilines is 1. The van der Waals surface area contributed by atoms with Gasteiger partial charge in [-0.25, -0.2) is 4.68 Å². The van der Waals surface area contributed by atoms with E-state index in [0.717, 1.165) is 25.2 Å². The van der Waals surface area contributed by atoms with Crippen LogP contribution in [0.3, 0.4) is 0 Å². The number of carbonyl (C=O) groups is 1. The van der Waals surface area contributed by atoms with Crippen LogP contribution in [0, 0.1) is 16.0 Å². The lowest BCUT2D eigenvalue weighted by Crippen LogP contribution is -2.31. The molecule has 0 spiro atoms. The number of amides is 1. The van der Waals surface area contributed by atoms with Gasteiger partial charge in [-0.15, -0.1) is 0 Å². The molecule has 0 bridgehead atoms. The number of nitro benzene ring substituents is 1. The molecule has 1 aliphatic heterocycles. The number of nitrogens with one attached hydrogen (secondary N) is 1. The van der Waals surface area contributed by atoms with Gasteiger partial charge in [0.15, 0.2) is 0 Å². The maximum Gasteiger partial charge on any atom is 0.269 e.